The number of nitrogens with one attached hydrogen (secondary N) is 1. The van der Waals surface area contributed by atoms with Crippen LogP contribution in [-0.2, 0) is 4.79 Å². The third-order valence-corrected chi connectivity index (χ3v) is 7.03. The highest BCUT2D eigenvalue weighted by molar-refractivity contribution is 6.04. The fourth-order valence-electron chi connectivity index (χ4n) is 5.45. The Balaban J connectivity index is 1.70. The summed E-state index contributed by atoms with van der Waals surface area (Å²) < 4.78 is 11.7. The minimum atomic E-state index is -0.153. The maximum Gasteiger partial charge on any atom is 0.162 e. The Morgan fingerprint density at radius 1 is 1.03 bits per heavy atom. The second-order valence-corrected chi connectivity index (χ2v) is 10.3. The van der Waals surface area contributed by atoms with E-state index >= 15 is 0 Å². The SMILES string of the molecule is CCCCOc1ccc(C2C3=C(CC(C)(C)CC3=O)Nc3ccc4ccccc4c32)cc1OC. The number of Topliss-reactive ketones (excluding diaryl/α,β-unsaturated/α-hetero) is 1. The van der Waals surface area contributed by atoms with Gasteiger partial charge in [-0.25, -0.2) is 0 Å². The second kappa shape index (κ2) is 8.83. The second-order valence-electron chi connectivity index (χ2n) is 10.3. The highest BCUT2D eigenvalue weighted by Crippen LogP contribution is 2.51. The number of carbonyl (C=O) groups is 1. The molecule has 0 saturated heterocycles. The van der Waals surface area contributed by atoms with Gasteiger partial charge in [0, 0.05) is 29.3 Å². The molecule has 176 valence electrons. The zero-order valence-corrected chi connectivity index (χ0v) is 20.5. The van der Waals surface area contributed by atoms with Crippen molar-refractivity contribution in [1.29, 1.82) is 0 Å². The molecular weight excluding hydrogens is 422 g/mol. The number of methoxy groups -OCH3 is 1. The molecule has 1 unspecified atom stereocenters. The number of anilines is 1. The first-order valence-electron chi connectivity index (χ1n) is 12.3. The summed E-state index contributed by atoms with van der Waals surface area (Å²) in [4.78, 5) is 13.6. The Bertz CT molecular complexity index is 1290. The van der Waals surface area contributed by atoms with Gasteiger partial charge in [-0.3, -0.25) is 4.79 Å². The summed E-state index contributed by atoms with van der Waals surface area (Å²) in [6.07, 6.45) is 3.49. The fraction of sp³-hybridized carbons (Fsp3) is 0.367. The summed E-state index contributed by atoms with van der Waals surface area (Å²) in [6, 6.07) is 18.9. The van der Waals surface area contributed by atoms with Gasteiger partial charge in [0.2, 0.25) is 0 Å². The Labute approximate surface area is 202 Å². The molecule has 0 fully saturated rings. The zero-order valence-electron chi connectivity index (χ0n) is 20.5. The first-order chi connectivity index (χ1) is 16.4. The van der Waals surface area contributed by atoms with E-state index in [-0.39, 0.29) is 17.1 Å². The summed E-state index contributed by atoms with van der Waals surface area (Å²) in [7, 11) is 1.68. The van der Waals surface area contributed by atoms with Crippen molar-refractivity contribution in [2.75, 3.05) is 19.0 Å². The van der Waals surface area contributed by atoms with Gasteiger partial charge >= 0.3 is 0 Å². The number of hydrogen-bond acceptors (Lipinski definition) is 4. The molecule has 0 bridgehead atoms. The molecule has 1 N–H and O–H groups in total. The first-order valence-corrected chi connectivity index (χ1v) is 12.3. The van der Waals surface area contributed by atoms with E-state index < -0.39 is 0 Å². The Morgan fingerprint density at radius 3 is 2.65 bits per heavy atom. The summed E-state index contributed by atoms with van der Waals surface area (Å²) >= 11 is 0. The van der Waals surface area contributed by atoms with Crippen LogP contribution in [0.3, 0.4) is 0 Å². The van der Waals surface area contributed by atoms with Crippen LogP contribution in [0.2, 0.25) is 0 Å². The lowest BCUT2D eigenvalue weighted by atomic mass is 9.68. The molecule has 3 aromatic carbocycles. The van der Waals surface area contributed by atoms with Gasteiger partial charge in [0.25, 0.3) is 0 Å². The largest absolute Gasteiger partial charge is 0.493 e. The normalized spacial score (nSPS) is 18.8. The number of fused-ring (bicyclic) bond motifs is 3. The molecule has 4 heteroatoms. The van der Waals surface area contributed by atoms with Gasteiger partial charge in [-0.1, -0.05) is 63.6 Å². The van der Waals surface area contributed by atoms with E-state index in [1.807, 2.05) is 6.07 Å². The van der Waals surface area contributed by atoms with Crippen LogP contribution in [0.1, 0.15) is 63.5 Å². The minimum Gasteiger partial charge on any atom is -0.493 e. The molecule has 5 rings (SSSR count). The lowest BCUT2D eigenvalue weighted by Crippen LogP contribution is -2.33. The van der Waals surface area contributed by atoms with Gasteiger partial charge < -0.3 is 14.8 Å². The molecule has 1 aliphatic carbocycles. The molecule has 34 heavy (non-hydrogen) atoms. The van der Waals surface area contributed by atoms with Crippen molar-refractivity contribution in [2.24, 2.45) is 5.41 Å². The minimum absolute atomic E-state index is 0.0590. The van der Waals surface area contributed by atoms with E-state index in [0.717, 1.165) is 53.1 Å². The molecule has 0 spiro atoms. The lowest BCUT2D eigenvalue weighted by Gasteiger charge is -2.40. The molecule has 0 aromatic heterocycles. The highest BCUT2D eigenvalue weighted by atomic mass is 16.5. The number of unbranched alkanes of at least 4 members (excludes halogenated alkanes) is 1. The average Bonchev–Trinajstić information content (AvgIpc) is 2.82. The van der Waals surface area contributed by atoms with Gasteiger partial charge in [-0.05, 0) is 58.4 Å². The monoisotopic (exact) mass is 455 g/mol. The van der Waals surface area contributed by atoms with E-state index in [4.69, 9.17) is 9.47 Å². The Hall–Kier alpha value is -3.27. The van der Waals surface area contributed by atoms with Crippen molar-refractivity contribution in [3.63, 3.8) is 0 Å². The van der Waals surface area contributed by atoms with Gasteiger partial charge in [-0.2, -0.15) is 0 Å². The topological polar surface area (TPSA) is 47.6 Å². The molecule has 1 heterocycles. The van der Waals surface area contributed by atoms with Crippen molar-refractivity contribution >= 4 is 22.2 Å². The first kappa shape index (κ1) is 22.5. The standard InChI is InChI=1S/C30H33NO3/c1-5-6-15-34-25-14-12-20(16-26(25)33-4)27-28-21-10-8-7-9-19(21)11-13-22(28)31-23-17-30(2,3)18-24(32)29(23)27/h7-14,16,27,31H,5-6,15,17-18H2,1-4H3. The fourth-order valence-corrected chi connectivity index (χ4v) is 5.45. The smallest absolute Gasteiger partial charge is 0.162 e. The third-order valence-electron chi connectivity index (χ3n) is 7.03. The van der Waals surface area contributed by atoms with Crippen LogP contribution in [0.25, 0.3) is 10.8 Å². The van der Waals surface area contributed by atoms with Crippen LogP contribution >= 0.6 is 0 Å². The molecule has 0 radical (unpaired) electrons. The molecular formula is C30H33NO3. The Kier molecular flexibility index (Phi) is 5.85. The molecule has 1 atom stereocenters. The van der Waals surface area contributed by atoms with Crippen LogP contribution in [0.5, 0.6) is 11.5 Å². The van der Waals surface area contributed by atoms with Gasteiger partial charge in [-0.15, -0.1) is 0 Å². The van der Waals surface area contributed by atoms with Gasteiger partial charge in [0.1, 0.15) is 0 Å². The Morgan fingerprint density at radius 2 is 1.85 bits per heavy atom. The van der Waals surface area contributed by atoms with E-state index in [9.17, 15) is 4.79 Å². The molecule has 2 aliphatic rings. The van der Waals surface area contributed by atoms with Crippen molar-refractivity contribution in [3.8, 4) is 11.5 Å². The lowest BCUT2D eigenvalue weighted by molar-refractivity contribution is -0.118. The molecule has 1 aliphatic heterocycles. The number of allylic oxidation sites excluding steroid dienone is 2. The van der Waals surface area contributed by atoms with Crippen LogP contribution in [0, 0.1) is 5.41 Å². The predicted molar refractivity (Wildman–Crippen MR) is 138 cm³/mol. The predicted octanol–water partition coefficient (Wildman–Crippen LogP) is 7.23. The molecule has 3 aromatic rings. The summed E-state index contributed by atoms with van der Waals surface area (Å²) in [6.45, 7) is 7.16. The van der Waals surface area contributed by atoms with Crippen LogP contribution in [0.4, 0.5) is 5.69 Å². The van der Waals surface area contributed by atoms with E-state index in [1.54, 1.807) is 7.11 Å². The zero-order chi connectivity index (χ0) is 23.9. The summed E-state index contributed by atoms with van der Waals surface area (Å²) in [5, 5.41) is 6.00. The van der Waals surface area contributed by atoms with Crippen molar-refractivity contribution in [1.82, 2.24) is 0 Å². The number of ketones is 1. The van der Waals surface area contributed by atoms with Crippen LogP contribution in [-0.4, -0.2) is 19.5 Å². The number of rotatable bonds is 6. The highest BCUT2D eigenvalue weighted by Gasteiger charge is 2.41. The van der Waals surface area contributed by atoms with Crippen molar-refractivity contribution in [2.45, 2.75) is 52.4 Å². The molecule has 0 saturated carbocycles. The molecule has 0 amide bonds. The van der Waals surface area contributed by atoms with Crippen molar-refractivity contribution < 1.29 is 14.3 Å². The average molecular weight is 456 g/mol. The molecule has 4 nitrogen and oxygen atoms in total. The number of ether oxygens (including phenoxy) is 2. The maximum absolute atomic E-state index is 13.6. The van der Waals surface area contributed by atoms with Gasteiger partial charge in [0.15, 0.2) is 17.3 Å². The third kappa shape index (κ3) is 3.96. The number of hydrogen-bond donors (Lipinski definition) is 1. The maximum atomic E-state index is 13.6. The van der Waals surface area contributed by atoms with E-state index in [0.29, 0.717) is 18.8 Å². The van der Waals surface area contributed by atoms with E-state index in [1.165, 1.54) is 10.8 Å². The quantitative estimate of drug-likeness (QED) is 0.398. The van der Waals surface area contributed by atoms with Gasteiger partial charge in [0.05, 0.1) is 13.7 Å². The van der Waals surface area contributed by atoms with E-state index in [2.05, 4.69) is 74.6 Å². The number of benzene rings is 3. The van der Waals surface area contributed by atoms with Crippen molar-refractivity contribution in [3.05, 3.63) is 77.0 Å². The van der Waals surface area contributed by atoms with Crippen LogP contribution in [0.15, 0.2) is 65.9 Å². The summed E-state index contributed by atoms with van der Waals surface area (Å²) in [5.74, 6) is 1.53. The number of carbonyl (C=O) groups excluding carboxylic acids is 1. The van der Waals surface area contributed by atoms with Crippen LogP contribution < -0.4 is 14.8 Å². The summed E-state index contributed by atoms with van der Waals surface area (Å²) in [5.41, 5.74) is 5.18.